The Morgan fingerprint density at radius 1 is 1.14 bits per heavy atom. The summed E-state index contributed by atoms with van der Waals surface area (Å²) in [4.78, 5) is 12.3. The van der Waals surface area contributed by atoms with Gasteiger partial charge in [-0.15, -0.1) is 0 Å². The van der Waals surface area contributed by atoms with Crippen molar-refractivity contribution in [2.75, 3.05) is 14.2 Å². The topological polar surface area (TPSA) is 44.8 Å². The minimum absolute atomic E-state index is 0.0484. The van der Waals surface area contributed by atoms with Gasteiger partial charge in [0.25, 0.3) is 0 Å². The number of benzene rings is 1. The first-order valence-electron chi connectivity index (χ1n) is 6.93. The van der Waals surface area contributed by atoms with E-state index < -0.39 is 5.79 Å². The van der Waals surface area contributed by atoms with Crippen LogP contribution in [0.5, 0.6) is 5.75 Å². The summed E-state index contributed by atoms with van der Waals surface area (Å²) in [6.45, 7) is 7.32. The molecule has 0 aliphatic carbocycles. The largest absolute Gasteiger partial charge is 0.497 e. The van der Waals surface area contributed by atoms with Crippen molar-refractivity contribution >= 4 is 12.0 Å². The Bertz CT molecular complexity index is 498. The van der Waals surface area contributed by atoms with E-state index in [0.29, 0.717) is 5.57 Å². The van der Waals surface area contributed by atoms with E-state index in [9.17, 15) is 4.79 Å². The third-order valence-corrected chi connectivity index (χ3v) is 3.13. The van der Waals surface area contributed by atoms with E-state index in [-0.39, 0.29) is 11.9 Å². The first kappa shape index (κ1) is 17.2. The highest BCUT2D eigenvalue weighted by Gasteiger charge is 2.25. The van der Waals surface area contributed by atoms with Crippen LogP contribution in [0, 0.1) is 5.92 Å². The molecule has 0 unspecified atom stereocenters. The predicted molar refractivity (Wildman–Crippen MR) is 83.0 cm³/mol. The Morgan fingerprint density at radius 3 is 2.14 bits per heavy atom. The lowest BCUT2D eigenvalue weighted by Gasteiger charge is -2.24. The Hall–Kier alpha value is -1.81. The van der Waals surface area contributed by atoms with E-state index in [1.165, 1.54) is 7.11 Å². The molecular formula is C17H24O4. The maximum absolute atomic E-state index is 12.3. The van der Waals surface area contributed by atoms with E-state index in [0.717, 1.165) is 11.3 Å². The SMILES string of the molecule is COc1ccc(C=C(C(=O)OC(C)(C)OC)C(C)C)cc1. The molecule has 0 aromatic heterocycles. The molecule has 0 bridgehead atoms. The first-order valence-corrected chi connectivity index (χ1v) is 6.93. The van der Waals surface area contributed by atoms with Crippen LogP contribution in [0.4, 0.5) is 0 Å². The number of hydrogen-bond donors (Lipinski definition) is 0. The van der Waals surface area contributed by atoms with Crippen molar-refractivity contribution in [1.82, 2.24) is 0 Å². The van der Waals surface area contributed by atoms with E-state index in [1.807, 2.05) is 44.2 Å². The molecular weight excluding hydrogens is 268 g/mol. The van der Waals surface area contributed by atoms with Crippen molar-refractivity contribution in [3.63, 3.8) is 0 Å². The lowest BCUT2D eigenvalue weighted by Crippen LogP contribution is -2.31. The number of carbonyl (C=O) groups is 1. The van der Waals surface area contributed by atoms with Gasteiger partial charge in [0.15, 0.2) is 0 Å². The van der Waals surface area contributed by atoms with Crippen molar-refractivity contribution in [3.8, 4) is 5.75 Å². The summed E-state index contributed by atoms with van der Waals surface area (Å²) >= 11 is 0. The molecule has 4 nitrogen and oxygen atoms in total. The van der Waals surface area contributed by atoms with E-state index in [1.54, 1.807) is 21.0 Å². The van der Waals surface area contributed by atoms with Gasteiger partial charge in [-0.1, -0.05) is 26.0 Å². The Labute approximate surface area is 126 Å². The Morgan fingerprint density at radius 2 is 1.71 bits per heavy atom. The van der Waals surface area contributed by atoms with Gasteiger partial charge in [0.2, 0.25) is 5.79 Å². The predicted octanol–water partition coefficient (Wildman–Crippen LogP) is 3.66. The van der Waals surface area contributed by atoms with Crippen molar-refractivity contribution in [2.45, 2.75) is 33.5 Å². The van der Waals surface area contributed by atoms with Gasteiger partial charge in [0.05, 0.1) is 7.11 Å². The molecule has 0 radical (unpaired) electrons. The standard InChI is InChI=1S/C17H24O4/c1-12(2)15(16(18)21-17(3,4)20-6)11-13-7-9-14(19-5)10-8-13/h7-12H,1-6H3. The minimum atomic E-state index is -0.940. The van der Waals surface area contributed by atoms with Crippen molar-refractivity contribution in [2.24, 2.45) is 5.92 Å². The van der Waals surface area contributed by atoms with E-state index >= 15 is 0 Å². The van der Waals surface area contributed by atoms with Gasteiger partial charge in [-0.25, -0.2) is 4.79 Å². The van der Waals surface area contributed by atoms with E-state index in [2.05, 4.69) is 0 Å². The zero-order valence-corrected chi connectivity index (χ0v) is 13.6. The molecule has 0 saturated carbocycles. The van der Waals surface area contributed by atoms with Crippen LogP contribution in [0.3, 0.4) is 0 Å². The molecule has 0 aliphatic rings. The number of carbonyl (C=O) groups excluding carboxylic acids is 1. The highest BCUT2D eigenvalue weighted by Crippen LogP contribution is 2.21. The molecule has 0 fully saturated rings. The molecule has 0 spiro atoms. The molecule has 0 amide bonds. The maximum atomic E-state index is 12.3. The lowest BCUT2D eigenvalue weighted by molar-refractivity contribution is -0.202. The van der Waals surface area contributed by atoms with Gasteiger partial charge < -0.3 is 14.2 Å². The van der Waals surface area contributed by atoms with Crippen LogP contribution >= 0.6 is 0 Å². The van der Waals surface area contributed by atoms with Gasteiger partial charge >= 0.3 is 5.97 Å². The van der Waals surface area contributed by atoms with Gasteiger partial charge in [0, 0.05) is 26.5 Å². The number of rotatable bonds is 6. The number of hydrogen-bond acceptors (Lipinski definition) is 4. The van der Waals surface area contributed by atoms with Gasteiger partial charge in [-0.3, -0.25) is 0 Å². The number of methoxy groups -OCH3 is 2. The fourth-order valence-electron chi connectivity index (χ4n) is 1.66. The van der Waals surface area contributed by atoms with Gasteiger partial charge in [-0.2, -0.15) is 0 Å². The minimum Gasteiger partial charge on any atom is -0.497 e. The summed E-state index contributed by atoms with van der Waals surface area (Å²) in [6, 6.07) is 7.51. The van der Waals surface area contributed by atoms with Crippen LogP contribution in [-0.2, 0) is 14.3 Å². The van der Waals surface area contributed by atoms with Crippen LogP contribution in [0.2, 0.25) is 0 Å². The lowest BCUT2D eigenvalue weighted by atomic mass is 10.0. The van der Waals surface area contributed by atoms with Gasteiger partial charge in [0.1, 0.15) is 5.75 Å². The van der Waals surface area contributed by atoms with E-state index in [4.69, 9.17) is 14.2 Å². The summed E-state index contributed by atoms with van der Waals surface area (Å²) in [5, 5.41) is 0. The average Bonchev–Trinajstić information content (AvgIpc) is 2.44. The molecule has 1 aromatic rings. The van der Waals surface area contributed by atoms with Gasteiger partial charge in [-0.05, 0) is 29.7 Å². The molecule has 0 heterocycles. The van der Waals surface area contributed by atoms with Crippen LogP contribution in [-0.4, -0.2) is 26.0 Å². The third kappa shape index (κ3) is 5.23. The smallest absolute Gasteiger partial charge is 0.336 e. The van der Waals surface area contributed by atoms with Crippen molar-refractivity contribution in [1.29, 1.82) is 0 Å². The molecule has 116 valence electrons. The van der Waals surface area contributed by atoms with Crippen LogP contribution in [0.15, 0.2) is 29.8 Å². The third-order valence-electron chi connectivity index (χ3n) is 3.13. The first-order chi connectivity index (χ1) is 9.79. The summed E-state index contributed by atoms with van der Waals surface area (Å²) in [5.41, 5.74) is 1.52. The summed E-state index contributed by atoms with van der Waals surface area (Å²) in [6.07, 6.45) is 1.83. The molecule has 21 heavy (non-hydrogen) atoms. The molecule has 1 aromatic carbocycles. The highest BCUT2D eigenvalue weighted by atomic mass is 16.7. The summed E-state index contributed by atoms with van der Waals surface area (Å²) in [5.74, 6) is -0.480. The quantitative estimate of drug-likeness (QED) is 0.456. The number of esters is 1. The second kappa shape index (κ2) is 7.27. The molecule has 0 aliphatic heterocycles. The Kier molecular flexibility index (Phi) is 5.97. The molecule has 0 N–H and O–H groups in total. The zero-order chi connectivity index (χ0) is 16.0. The maximum Gasteiger partial charge on any atom is 0.336 e. The second-order valence-corrected chi connectivity index (χ2v) is 5.52. The van der Waals surface area contributed by atoms with Crippen LogP contribution in [0.25, 0.3) is 6.08 Å². The molecule has 0 atom stereocenters. The highest BCUT2D eigenvalue weighted by molar-refractivity contribution is 5.94. The fourth-order valence-corrected chi connectivity index (χ4v) is 1.66. The van der Waals surface area contributed by atoms with Crippen LogP contribution in [0.1, 0.15) is 33.3 Å². The Balaban J connectivity index is 2.99. The second-order valence-electron chi connectivity index (χ2n) is 5.52. The fraction of sp³-hybridized carbons (Fsp3) is 0.471. The zero-order valence-electron chi connectivity index (χ0n) is 13.6. The number of ether oxygens (including phenoxy) is 3. The molecule has 0 saturated heterocycles. The molecule has 4 heteroatoms. The van der Waals surface area contributed by atoms with Crippen molar-refractivity contribution in [3.05, 3.63) is 35.4 Å². The van der Waals surface area contributed by atoms with Crippen molar-refractivity contribution < 1.29 is 19.0 Å². The molecule has 1 rings (SSSR count). The monoisotopic (exact) mass is 292 g/mol. The average molecular weight is 292 g/mol. The summed E-state index contributed by atoms with van der Waals surface area (Å²) in [7, 11) is 3.13. The summed E-state index contributed by atoms with van der Waals surface area (Å²) < 4.78 is 15.6. The van der Waals surface area contributed by atoms with Crippen LogP contribution < -0.4 is 4.74 Å². The normalized spacial score (nSPS) is 12.4.